The van der Waals surface area contributed by atoms with Crippen molar-refractivity contribution in [2.75, 3.05) is 6.54 Å². The van der Waals surface area contributed by atoms with Gasteiger partial charge in [-0.25, -0.2) is 4.98 Å². The number of halogens is 4. The van der Waals surface area contributed by atoms with Crippen LogP contribution in [0.1, 0.15) is 56.4 Å². The predicted molar refractivity (Wildman–Crippen MR) is 111 cm³/mol. The summed E-state index contributed by atoms with van der Waals surface area (Å²) in [5.74, 6) is -2.78. The zero-order valence-corrected chi connectivity index (χ0v) is 18.6. The minimum absolute atomic E-state index is 0.0477. The Bertz CT molecular complexity index is 1040. The van der Waals surface area contributed by atoms with Crippen molar-refractivity contribution in [3.8, 4) is 0 Å². The molecule has 1 N–H and O–H groups in total. The lowest BCUT2D eigenvalue weighted by Crippen LogP contribution is -2.28. The molecule has 1 amide bonds. The molecule has 1 saturated carbocycles. The van der Waals surface area contributed by atoms with Crippen molar-refractivity contribution in [3.05, 3.63) is 49.4 Å². The van der Waals surface area contributed by atoms with E-state index in [2.05, 4.69) is 10.3 Å². The molecule has 3 rings (SSSR count). The van der Waals surface area contributed by atoms with Crippen LogP contribution in [0.15, 0.2) is 12.1 Å². The van der Waals surface area contributed by atoms with Crippen LogP contribution in [0.4, 0.5) is 13.2 Å². The van der Waals surface area contributed by atoms with Gasteiger partial charge in [-0.1, -0.05) is 40.6 Å². The molecule has 1 aromatic heterocycles. The van der Waals surface area contributed by atoms with Crippen LogP contribution < -0.4 is 5.32 Å². The topological polar surface area (TPSA) is 76.1 Å². The van der Waals surface area contributed by atoms with Gasteiger partial charge in [0.1, 0.15) is 16.6 Å². The van der Waals surface area contributed by atoms with Crippen LogP contribution in [0, 0.1) is 26.7 Å². The first-order valence-corrected chi connectivity index (χ1v) is 10.8. The van der Waals surface area contributed by atoms with Gasteiger partial charge in [-0.2, -0.15) is 13.2 Å². The van der Waals surface area contributed by atoms with E-state index in [0.717, 1.165) is 22.3 Å². The molecule has 31 heavy (non-hydrogen) atoms. The van der Waals surface area contributed by atoms with Gasteiger partial charge < -0.3 is 5.32 Å². The minimum atomic E-state index is -4.80. The van der Waals surface area contributed by atoms with Crippen molar-refractivity contribution < 1.29 is 27.6 Å². The summed E-state index contributed by atoms with van der Waals surface area (Å²) in [5.41, 5.74) is 2.18. The molecule has 0 saturated heterocycles. The SMILES string of the molecule is Cc1cc(C)c(C2C(=O)CC(CCNC(=O)c3sc(Cl)nc3C(F)(F)F)C2=O)c(C)c1. The molecule has 5 nitrogen and oxygen atoms in total. The maximum absolute atomic E-state index is 13.0. The van der Waals surface area contributed by atoms with Crippen LogP contribution in [-0.4, -0.2) is 29.0 Å². The van der Waals surface area contributed by atoms with Crippen molar-refractivity contribution in [1.29, 1.82) is 0 Å². The van der Waals surface area contributed by atoms with E-state index in [-0.39, 0.29) is 35.4 Å². The summed E-state index contributed by atoms with van der Waals surface area (Å²) in [6.07, 6.45) is -4.60. The lowest BCUT2D eigenvalue weighted by atomic mass is 9.86. The summed E-state index contributed by atoms with van der Waals surface area (Å²) in [5, 5.41) is 2.38. The second-order valence-electron chi connectivity index (χ2n) is 7.70. The average Bonchev–Trinajstić information content (AvgIpc) is 3.16. The predicted octanol–water partition coefficient (Wildman–Crippen LogP) is 4.80. The summed E-state index contributed by atoms with van der Waals surface area (Å²) in [6.45, 7) is 5.62. The van der Waals surface area contributed by atoms with Crippen molar-refractivity contribution in [2.24, 2.45) is 5.92 Å². The third kappa shape index (κ3) is 4.82. The highest BCUT2D eigenvalue weighted by molar-refractivity contribution is 7.17. The molecule has 2 aromatic rings. The first-order valence-electron chi connectivity index (χ1n) is 9.56. The summed E-state index contributed by atoms with van der Waals surface area (Å²) in [6, 6.07) is 3.85. The van der Waals surface area contributed by atoms with E-state index in [9.17, 15) is 27.6 Å². The van der Waals surface area contributed by atoms with Gasteiger partial charge in [0.05, 0.1) is 0 Å². The van der Waals surface area contributed by atoms with E-state index < -0.39 is 34.5 Å². The van der Waals surface area contributed by atoms with Crippen molar-refractivity contribution in [1.82, 2.24) is 10.3 Å². The number of nitrogens with zero attached hydrogens (tertiary/aromatic N) is 1. The lowest BCUT2D eigenvalue weighted by Gasteiger charge is -2.16. The maximum atomic E-state index is 13.0. The number of hydrogen-bond acceptors (Lipinski definition) is 5. The molecule has 1 aliphatic rings. The van der Waals surface area contributed by atoms with Crippen molar-refractivity contribution in [3.63, 3.8) is 0 Å². The maximum Gasteiger partial charge on any atom is 0.435 e. The smallest absolute Gasteiger partial charge is 0.351 e. The number of benzene rings is 1. The second kappa shape index (κ2) is 8.70. The first-order chi connectivity index (χ1) is 14.4. The molecule has 0 bridgehead atoms. The van der Waals surface area contributed by atoms with Crippen LogP contribution >= 0.6 is 22.9 Å². The van der Waals surface area contributed by atoms with Gasteiger partial charge in [-0.3, -0.25) is 14.4 Å². The zero-order valence-electron chi connectivity index (χ0n) is 17.0. The largest absolute Gasteiger partial charge is 0.435 e. The van der Waals surface area contributed by atoms with Gasteiger partial charge in [0.2, 0.25) is 0 Å². The van der Waals surface area contributed by atoms with E-state index in [1.165, 1.54) is 0 Å². The van der Waals surface area contributed by atoms with E-state index >= 15 is 0 Å². The van der Waals surface area contributed by atoms with Gasteiger partial charge in [0, 0.05) is 18.9 Å². The Hall–Kier alpha value is -2.26. The molecule has 166 valence electrons. The molecule has 0 radical (unpaired) electrons. The number of alkyl halides is 3. The monoisotopic (exact) mass is 472 g/mol. The Balaban J connectivity index is 1.67. The molecule has 0 spiro atoms. The number of Topliss-reactive ketones (excluding diaryl/α,β-unsaturated/α-hetero) is 2. The van der Waals surface area contributed by atoms with E-state index in [0.29, 0.717) is 11.3 Å². The molecule has 10 heteroatoms. The fourth-order valence-electron chi connectivity index (χ4n) is 4.13. The molecule has 1 fully saturated rings. The standard InChI is InChI=1S/C21H20ClF3N2O3S/c1-9-6-10(2)14(11(3)7-9)15-13(28)8-12(16(15)29)4-5-26-19(30)17-18(21(23,24)25)27-20(22)31-17/h6-7,12,15H,4-5,8H2,1-3H3,(H,26,30). The third-order valence-electron chi connectivity index (χ3n) is 5.34. The molecular formula is C21H20ClF3N2O3S. The molecular weight excluding hydrogens is 453 g/mol. The van der Waals surface area contributed by atoms with Gasteiger partial charge in [0.15, 0.2) is 15.9 Å². The van der Waals surface area contributed by atoms with Crippen LogP contribution in [0.25, 0.3) is 0 Å². The summed E-state index contributed by atoms with van der Waals surface area (Å²) >= 11 is 5.98. The van der Waals surface area contributed by atoms with E-state index in [1.54, 1.807) is 0 Å². The number of nitrogens with one attached hydrogen (secondary N) is 1. The van der Waals surface area contributed by atoms with Gasteiger partial charge >= 0.3 is 6.18 Å². The Kier molecular flexibility index (Phi) is 6.57. The quantitative estimate of drug-likeness (QED) is 0.634. The van der Waals surface area contributed by atoms with Crippen LogP contribution in [0.5, 0.6) is 0 Å². The van der Waals surface area contributed by atoms with Crippen LogP contribution in [-0.2, 0) is 15.8 Å². The first kappa shape index (κ1) is 23.4. The van der Waals surface area contributed by atoms with Gasteiger partial charge in [-0.05, 0) is 43.9 Å². The molecule has 2 atom stereocenters. The van der Waals surface area contributed by atoms with Gasteiger partial charge in [0.25, 0.3) is 5.91 Å². The number of carbonyl (C=O) groups excluding carboxylic acids is 3. The van der Waals surface area contributed by atoms with Crippen molar-refractivity contribution >= 4 is 40.4 Å². The molecule has 0 aliphatic heterocycles. The highest BCUT2D eigenvalue weighted by Crippen LogP contribution is 2.38. The molecule has 1 aromatic carbocycles. The normalized spacial score (nSPS) is 19.2. The molecule has 1 aliphatic carbocycles. The van der Waals surface area contributed by atoms with E-state index in [1.807, 2.05) is 32.9 Å². The summed E-state index contributed by atoms with van der Waals surface area (Å²) < 4.78 is 38.6. The number of thiazole rings is 1. The van der Waals surface area contributed by atoms with Gasteiger partial charge in [-0.15, -0.1) is 0 Å². The second-order valence-corrected chi connectivity index (χ2v) is 9.28. The highest BCUT2D eigenvalue weighted by atomic mass is 35.5. The lowest BCUT2D eigenvalue weighted by molar-refractivity contribution is -0.141. The zero-order chi connectivity index (χ0) is 23.1. The average molecular weight is 473 g/mol. The van der Waals surface area contributed by atoms with Crippen LogP contribution in [0.3, 0.4) is 0 Å². The Morgan fingerprint density at radius 1 is 1.23 bits per heavy atom. The summed E-state index contributed by atoms with van der Waals surface area (Å²) in [4.78, 5) is 40.3. The Morgan fingerprint density at radius 2 is 1.84 bits per heavy atom. The number of rotatable bonds is 5. The number of hydrogen-bond donors (Lipinski definition) is 1. The fourth-order valence-corrected chi connectivity index (χ4v) is 5.17. The van der Waals surface area contributed by atoms with Crippen LogP contribution in [0.2, 0.25) is 4.47 Å². The molecule has 2 unspecified atom stereocenters. The third-order valence-corrected chi connectivity index (χ3v) is 6.50. The van der Waals surface area contributed by atoms with Crippen molar-refractivity contribution in [2.45, 2.75) is 45.7 Å². The minimum Gasteiger partial charge on any atom is -0.351 e. The Labute approximate surface area is 186 Å². The summed E-state index contributed by atoms with van der Waals surface area (Å²) in [7, 11) is 0. The number of ketones is 2. The molecule has 1 heterocycles. The number of carbonyl (C=O) groups is 3. The number of amides is 1. The van der Waals surface area contributed by atoms with E-state index in [4.69, 9.17) is 11.6 Å². The number of aromatic nitrogens is 1. The fraction of sp³-hybridized carbons (Fsp3) is 0.429. The highest BCUT2D eigenvalue weighted by Gasteiger charge is 2.43. The number of aryl methyl sites for hydroxylation is 3. The Morgan fingerprint density at radius 3 is 2.42 bits per heavy atom.